The van der Waals surface area contributed by atoms with Gasteiger partial charge in [-0.3, -0.25) is 0 Å². The normalized spacial score (nSPS) is 11.8. The van der Waals surface area contributed by atoms with E-state index in [0.717, 1.165) is 19.4 Å². The Bertz CT molecular complexity index is 699. The van der Waals surface area contributed by atoms with Gasteiger partial charge in [-0.15, -0.1) is 0 Å². The van der Waals surface area contributed by atoms with Crippen molar-refractivity contribution in [2.75, 3.05) is 6.54 Å². The summed E-state index contributed by atoms with van der Waals surface area (Å²) in [7, 11) is 0. The molecular formula is C24H29CaN. The maximum atomic E-state index is 3.70. The molecule has 1 nitrogen and oxygen atoms in total. The van der Waals surface area contributed by atoms with E-state index in [-0.39, 0.29) is 40.6 Å². The first-order valence-electron chi connectivity index (χ1n) is 9.20. The minimum absolute atomic E-state index is 0. The minimum Gasteiger partial charge on any atom is -1.00 e. The van der Waals surface area contributed by atoms with Crippen LogP contribution in [0.2, 0.25) is 0 Å². The number of benzene rings is 3. The van der Waals surface area contributed by atoms with Crippen molar-refractivity contribution in [2.45, 2.75) is 31.7 Å². The van der Waals surface area contributed by atoms with E-state index in [2.05, 4.69) is 103 Å². The topological polar surface area (TPSA) is 12.0 Å². The summed E-state index contributed by atoms with van der Waals surface area (Å²) in [5.41, 5.74) is 4.18. The summed E-state index contributed by atoms with van der Waals surface area (Å²) < 4.78 is 0. The molecule has 132 valence electrons. The van der Waals surface area contributed by atoms with Gasteiger partial charge in [-0.05, 0) is 43.0 Å². The van der Waals surface area contributed by atoms with Crippen molar-refractivity contribution in [2.24, 2.45) is 0 Å². The van der Waals surface area contributed by atoms with Gasteiger partial charge in [0.25, 0.3) is 0 Å². The summed E-state index contributed by atoms with van der Waals surface area (Å²) in [5.74, 6) is 0.443. The Hall–Kier alpha value is -1.12. The number of hydrogen-bond donors (Lipinski definition) is 1. The van der Waals surface area contributed by atoms with Crippen LogP contribution in [-0.4, -0.2) is 50.3 Å². The summed E-state index contributed by atoms with van der Waals surface area (Å²) >= 11 is 0. The fraction of sp³-hybridized carbons (Fsp3) is 0.250. The number of nitrogens with one attached hydrogen (secondary N) is 1. The molecule has 0 bridgehead atoms. The van der Waals surface area contributed by atoms with Crippen molar-refractivity contribution in [1.29, 1.82) is 0 Å². The van der Waals surface area contributed by atoms with Crippen molar-refractivity contribution in [3.8, 4) is 0 Å². The van der Waals surface area contributed by atoms with Crippen LogP contribution >= 0.6 is 0 Å². The van der Waals surface area contributed by atoms with Gasteiger partial charge in [0.15, 0.2) is 0 Å². The zero-order valence-corrected chi connectivity index (χ0v) is 17.9. The van der Waals surface area contributed by atoms with Gasteiger partial charge in [0, 0.05) is 12.0 Å². The average molecular weight is 372 g/mol. The largest absolute Gasteiger partial charge is 2.00 e. The SMILES string of the molecule is C[C@@H](Cc1ccccc1)NCCC(c1ccccc1)c1ccccc1.[Ca+2].[H-].[H-]. The fourth-order valence-corrected chi connectivity index (χ4v) is 3.41. The summed E-state index contributed by atoms with van der Waals surface area (Å²) in [4.78, 5) is 0. The van der Waals surface area contributed by atoms with E-state index >= 15 is 0 Å². The molecule has 0 fully saturated rings. The molecule has 26 heavy (non-hydrogen) atoms. The zero-order chi connectivity index (χ0) is 17.3. The van der Waals surface area contributed by atoms with Crippen LogP contribution in [0.15, 0.2) is 91.0 Å². The summed E-state index contributed by atoms with van der Waals surface area (Å²) in [6.45, 7) is 3.29. The first kappa shape index (κ1) is 21.2. The summed E-state index contributed by atoms with van der Waals surface area (Å²) in [6.07, 6.45) is 2.18. The van der Waals surface area contributed by atoms with Crippen molar-refractivity contribution >= 4 is 37.7 Å². The summed E-state index contributed by atoms with van der Waals surface area (Å²) in [6, 6.07) is 32.9. The first-order valence-corrected chi connectivity index (χ1v) is 9.20. The fourth-order valence-electron chi connectivity index (χ4n) is 3.41. The third-order valence-electron chi connectivity index (χ3n) is 4.71. The van der Waals surface area contributed by atoms with Crippen LogP contribution in [-0.2, 0) is 6.42 Å². The second kappa shape index (κ2) is 11.6. The Morgan fingerprint density at radius 3 is 1.69 bits per heavy atom. The van der Waals surface area contributed by atoms with Gasteiger partial charge in [0.1, 0.15) is 0 Å². The Morgan fingerprint density at radius 1 is 0.731 bits per heavy atom. The van der Waals surface area contributed by atoms with E-state index in [9.17, 15) is 0 Å². The molecule has 0 aliphatic heterocycles. The first-order chi connectivity index (χ1) is 12.3. The molecule has 0 amide bonds. The van der Waals surface area contributed by atoms with Crippen LogP contribution in [0.25, 0.3) is 0 Å². The van der Waals surface area contributed by atoms with Gasteiger partial charge in [-0.25, -0.2) is 0 Å². The maximum Gasteiger partial charge on any atom is 2.00 e. The molecule has 2 heteroatoms. The molecule has 0 aliphatic rings. The van der Waals surface area contributed by atoms with E-state index in [1.807, 2.05) is 0 Å². The molecular weight excluding hydrogens is 342 g/mol. The van der Waals surface area contributed by atoms with E-state index in [1.54, 1.807) is 0 Å². The molecule has 0 aromatic heterocycles. The predicted octanol–water partition coefficient (Wildman–Crippen LogP) is 5.27. The molecule has 0 heterocycles. The number of rotatable bonds is 8. The van der Waals surface area contributed by atoms with Gasteiger partial charge < -0.3 is 8.17 Å². The second-order valence-electron chi connectivity index (χ2n) is 6.71. The van der Waals surface area contributed by atoms with Gasteiger partial charge >= 0.3 is 37.7 Å². The van der Waals surface area contributed by atoms with Gasteiger partial charge in [-0.2, -0.15) is 0 Å². The molecule has 0 saturated heterocycles. The Labute approximate surface area is 190 Å². The summed E-state index contributed by atoms with van der Waals surface area (Å²) in [5, 5.41) is 3.70. The quantitative estimate of drug-likeness (QED) is 0.532. The van der Waals surface area contributed by atoms with E-state index in [0.29, 0.717) is 12.0 Å². The third-order valence-corrected chi connectivity index (χ3v) is 4.71. The maximum absolute atomic E-state index is 3.70. The minimum atomic E-state index is 0. The van der Waals surface area contributed by atoms with Crippen LogP contribution in [0.4, 0.5) is 0 Å². The molecule has 1 atom stereocenters. The van der Waals surface area contributed by atoms with E-state index < -0.39 is 0 Å². The Balaban J connectivity index is 0.00000243. The molecule has 0 radical (unpaired) electrons. The van der Waals surface area contributed by atoms with Crippen LogP contribution in [0.5, 0.6) is 0 Å². The molecule has 0 aliphatic carbocycles. The van der Waals surface area contributed by atoms with Crippen molar-refractivity contribution in [1.82, 2.24) is 5.32 Å². The van der Waals surface area contributed by atoms with Crippen molar-refractivity contribution in [3.63, 3.8) is 0 Å². The smallest absolute Gasteiger partial charge is 1.00 e. The molecule has 0 unspecified atom stereocenters. The average Bonchev–Trinajstić information content (AvgIpc) is 2.67. The van der Waals surface area contributed by atoms with Gasteiger partial charge in [0.05, 0.1) is 0 Å². The van der Waals surface area contributed by atoms with E-state index in [1.165, 1.54) is 16.7 Å². The van der Waals surface area contributed by atoms with Crippen molar-refractivity contribution in [3.05, 3.63) is 108 Å². The molecule has 3 aromatic rings. The monoisotopic (exact) mass is 371 g/mol. The van der Waals surface area contributed by atoms with Gasteiger partial charge in [-0.1, -0.05) is 91.0 Å². The molecule has 3 rings (SSSR count). The van der Waals surface area contributed by atoms with Crippen LogP contribution < -0.4 is 5.32 Å². The third kappa shape index (κ3) is 6.55. The van der Waals surface area contributed by atoms with Crippen LogP contribution in [0, 0.1) is 0 Å². The number of hydrogen-bond acceptors (Lipinski definition) is 1. The Morgan fingerprint density at radius 2 is 1.19 bits per heavy atom. The standard InChI is InChI=1S/C24H27N.Ca.2H/c1-20(19-21-11-5-2-6-12-21)25-18-17-24(22-13-7-3-8-14-22)23-15-9-4-10-16-23;;;/h2-16,20,24-25H,17-19H2,1H3;;;/q;+2;2*-1/t20-;;;/m0.../s1. The van der Waals surface area contributed by atoms with Crippen LogP contribution in [0.1, 0.15) is 38.8 Å². The van der Waals surface area contributed by atoms with Gasteiger partial charge in [0.2, 0.25) is 0 Å². The predicted molar refractivity (Wildman–Crippen MR) is 115 cm³/mol. The zero-order valence-electron chi connectivity index (χ0n) is 17.6. The van der Waals surface area contributed by atoms with Crippen LogP contribution in [0.3, 0.4) is 0 Å². The molecule has 0 saturated carbocycles. The van der Waals surface area contributed by atoms with Crippen molar-refractivity contribution < 1.29 is 2.85 Å². The Kier molecular flexibility index (Phi) is 9.42. The molecule has 0 spiro atoms. The molecule has 3 aromatic carbocycles. The van der Waals surface area contributed by atoms with E-state index in [4.69, 9.17) is 0 Å². The second-order valence-corrected chi connectivity index (χ2v) is 6.71. The molecule has 1 N–H and O–H groups in total.